The Morgan fingerprint density at radius 1 is 0.323 bits per heavy atom. The Morgan fingerprint density at radius 3 is 0.833 bits per heavy atom. The Morgan fingerprint density at radius 2 is 0.562 bits per heavy atom. The van der Waals surface area contributed by atoms with E-state index in [9.17, 15) is 19.0 Å². The predicted octanol–water partition coefficient (Wildman–Crippen LogP) is 26.3. The summed E-state index contributed by atoms with van der Waals surface area (Å²) >= 11 is 0. The maximum Gasteiger partial charge on any atom is 0.472 e. The van der Waals surface area contributed by atoms with Crippen molar-refractivity contribution in [3.63, 3.8) is 0 Å². The van der Waals surface area contributed by atoms with E-state index in [0.29, 0.717) is 17.4 Å². The molecule has 0 heterocycles. The summed E-state index contributed by atoms with van der Waals surface area (Å²) in [6, 6.07) is 0. The molecule has 0 saturated heterocycles. The summed E-state index contributed by atoms with van der Waals surface area (Å²) < 4.78 is 34.8. The van der Waals surface area contributed by atoms with E-state index in [2.05, 4.69) is 172 Å². The summed E-state index contributed by atoms with van der Waals surface area (Å²) in [6.45, 7) is 4.23. The van der Waals surface area contributed by atoms with Crippen LogP contribution in [0, 0.1) is 0 Å². The van der Waals surface area contributed by atoms with E-state index in [-0.39, 0.29) is 32.0 Å². The number of phosphoric ester groups is 1. The van der Waals surface area contributed by atoms with Gasteiger partial charge in [-0.3, -0.25) is 18.6 Å². The highest BCUT2D eigenvalue weighted by atomic mass is 31.2. The van der Waals surface area contributed by atoms with Gasteiger partial charge >= 0.3 is 19.8 Å². The van der Waals surface area contributed by atoms with Crippen LogP contribution in [0.25, 0.3) is 0 Å². The van der Waals surface area contributed by atoms with Gasteiger partial charge in [0.1, 0.15) is 19.8 Å². The summed E-state index contributed by atoms with van der Waals surface area (Å²) in [5.74, 6) is -0.794. The van der Waals surface area contributed by atoms with Crippen LogP contribution in [0.5, 0.6) is 0 Å². The fraction of sp³-hybridized carbons (Fsp3) is 0.674. The normalized spacial score (nSPS) is 13.9. The largest absolute Gasteiger partial charge is 0.472 e. The summed E-state index contributed by atoms with van der Waals surface area (Å²) in [7, 11) is 1.47. The van der Waals surface area contributed by atoms with Crippen LogP contribution >= 0.6 is 7.82 Å². The topological polar surface area (TPSA) is 108 Å². The lowest BCUT2D eigenvalue weighted by molar-refractivity contribution is -0.870. The van der Waals surface area contributed by atoms with Crippen molar-refractivity contribution in [2.45, 2.75) is 328 Å². The van der Waals surface area contributed by atoms with E-state index in [1.54, 1.807) is 0 Å². The monoisotopic (exact) mass is 1350 g/mol. The molecule has 0 spiro atoms. The molecule has 0 bridgehead atoms. The Bertz CT molecular complexity index is 2180. The number of carbonyl (C=O) groups is 2. The van der Waals surface area contributed by atoms with Gasteiger partial charge in [-0.05, 0) is 122 Å². The van der Waals surface area contributed by atoms with Gasteiger partial charge in [-0.1, -0.05) is 345 Å². The number of allylic oxidation sites excluding steroid dienone is 26. The molecule has 548 valence electrons. The third kappa shape index (κ3) is 78.6. The first kappa shape index (κ1) is 91.6. The standard InChI is InChI=1S/C86H146NO8P/c1-6-8-10-12-14-16-18-20-22-24-26-28-30-32-34-36-38-39-40-41-42-43-44-45-46-47-49-51-53-55-57-59-61-63-65-67-69-71-73-75-77-79-86(89)95-84(83-94-96(90,91)93-81-80-87(3,4)5)82-92-85(88)78-76-74-72-70-68-66-64-62-60-58-56-54-52-50-48-37-35-33-31-29-27-25-23-21-19-17-15-13-11-9-7-2/h8-11,14-17,20-23,26-29,32,34,38-39,41-42,44-45,47,49,84H,6-7,12-13,18-19,24-25,30-31,33,35-37,40,43,46,48,50-83H2,1-5H3/p+1/b10-8-,11-9-,16-14-,17-15-,22-20-,23-21-,28-26-,29-27-,34-32-,39-38-,42-41-,45-44-,49-47-. The molecule has 0 aliphatic heterocycles. The lowest BCUT2D eigenvalue weighted by Gasteiger charge is -2.24. The molecule has 0 radical (unpaired) electrons. The molecule has 1 N–H and O–H groups in total. The maximum atomic E-state index is 12.9. The number of phosphoric acid groups is 1. The Kier molecular flexibility index (Phi) is 71.4. The maximum absolute atomic E-state index is 12.9. The first-order chi connectivity index (χ1) is 47.0. The summed E-state index contributed by atoms with van der Waals surface area (Å²) in [6.07, 6.45) is 112. The SMILES string of the molecule is CC/C=C\C/C=C\C/C=C\C/C=C\C/C=C\C/C=C\C/C=C\C/C=C\C/C=C\CCCCCCCCCCCCCCCC(=O)OC(COC(=O)CCCCCCCCCCCCCCCCCCCC/C=C\C/C=C\C/C=C\C/C=C\CC)COP(=O)(O)OCC[N+](C)(C)C. The summed E-state index contributed by atoms with van der Waals surface area (Å²) in [5.41, 5.74) is 0. The van der Waals surface area contributed by atoms with E-state index in [1.165, 1.54) is 167 Å². The van der Waals surface area contributed by atoms with Crippen molar-refractivity contribution in [3.05, 3.63) is 158 Å². The van der Waals surface area contributed by atoms with Gasteiger partial charge in [0.15, 0.2) is 6.10 Å². The van der Waals surface area contributed by atoms with Crippen LogP contribution in [0.15, 0.2) is 158 Å². The zero-order valence-corrected chi connectivity index (χ0v) is 63.5. The van der Waals surface area contributed by atoms with Gasteiger partial charge in [-0.2, -0.15) is 0 Å². The van der Waals surface area contributed by atoms with Gasteiger partial charge in [0.2, 0.25) is 0 Å². The van der Waals surface area contributed by atoms with Crippen molar-refractivity contribution in [2.75, 3.05) is 47.5 Å². The third-order valence-corrected chi connectivity index (χ3v) is 17.5. The second kappa shape index (κ2) is 74.8. The van der Waals surface area contributed by atoms with Gasteiger partial charge in [0.05, 0.1) is 27.7 Å². The van der Waals surface area contributed by atoms with Gasteiger partial charge < -0.3 is 18.9 Å². The molecule has 0 rings (SSSR count). The van der Waals surface area contributed by atoms with Gasteiger partial charge in [-0.25, -0.2) is 4.57 Å². The van der Waals surface area contributed by atoms with Gasteiger partial charge in [0.25, 0.3) is 0 Å². The second-order valence-electron chi connectivity index (χ2n) is 27.0. The van der Waals surface area contributed by atoms with E-state index in [4.69, 9.17) is 18.5 Å². The van der Waals surface area contributed by atoms with Crippen molar-refractivity contribution >= 4 is 19.8 Å². The minimum atomic E-state index is -4.40. The predicted molar refractivity (Wildman–Crippen MR) is 417 cm³/mol. The molecule has 0 aliphatic rings. The van der Waals surface area contributed by atoms with Crippen molar-refractivity contribution < 1.29 is 42.1 Å². The molecule has 2 unspecified atom stereocenters. The van der Waals surface area contributed by atoms with E-state index in [1.807, 2.05) is 21.1 Å². The van der Waals surface area contributed by atoms with Crippen molar-refractivity contribution in [2.24, 2.45) is 0 Å². The number of hydrogen-bond donors (Lipinski definition) is 1. The molecule has 0 saturated carbocycles. The van der Waals surface area contributed by atoms with Crippen LogP contribution in [0.2, 0.25) is 0 Å². The second-order valence-corrected chi connectivity index (χ2v) is 28.4. The number of rotatable bonds is 71. The van der Waals surface area contributed by atoms with Crippen LogP contribution < -0.4 is 0 Å². The minimum absolute atomic E-state index is 0.0268. The first-order valence-corrected chi connectivity index (χ1v) is 40.7. The van der Waals surface area contributed by atoms with Crippen LogP contribution in [0.1, 0.15) is 322 Å². The lowest BCUT2D eigenvalue weighted by Crippen LogP contribution is -2.37. The number of esters is 2. The number of likely N-dealkylation sites (N-methyl/N-ethyl adjacent to an activating group) is 1. The molecule has 0 aromatic carbocycles. The van der Waals surface area contributed by atoms with Gasteiger partial charge in [0, 0.05) is 12.8 Å². The number of carbonyl (C=O) groups excluding carboxylic acids is 2. The van der Waals surface area contributed by atoms with E-state index in [0.717, 1.165) is 122 Å². The van der Waals surface area contributed by atoms with E-state index < -0.39 is 26.5 Å². The number of ether oxygens (including phenoxy) is 2. The molecule has 0 fully saturated rings. The van der Waals surface area contributed by atoms with Gasteiger partial charge in [-0.15, -0.1) is 0 Å². The highest BCUT2D eigenvalue weighted by molar-refractivity contribution is 7.47. The highest BCUT2D eigenvalue weighted by Gasteiger charge is 2.27. The summed E-state index contributed by atoms with van der Waals surface area (Å²) in [4.78, 5) is 36.0. The molecular weight excluding hydrogens is 1210 g/mol. The number of unbranched alkanes of at least 4 members (excludes halogenated alkanes) is 31. The molecule has 0 amide bonds. The van der Waals surface area contributed by atoms with Crippen LogP contribution in [-0.4, -0.2) is 74.9 Å². The average molecular weight is 1350 g/mol. The smallest absolute Gasteiger partial charge is 0.462 e. The zero-order chi connectivity index (χ0) is 69.7. The lowest BCUT2D eigenvalue weighted by atomic mass is 10.0. The first-order valence-electron chi connectivity index (χ1n) is 39.2. The molecule has 2 atom stereocenters. The van der Waals surface area contributed by atoms with E-state index >= 15 is 0 Å². The Labute approximate surface area is 592 Å². The Hall–Kier alpha value is -4.37. The molecule has 9 nitrogen and oxygen atoms in total. The van der Waals surface area contributed by atoms with Crippen molar-refractivity contribution in [1.29, 1.82) is 0 Å². The van der Waals surface area contributed by atoms with Crippen molar-refractivity contribution in [3.8, 4) is 0 Å². The highest BCUT2D eigenvalue weighted by Crippen LogP contribution is 2.43. The Balaban J connectivity index is 4.01. The van der Waals surface area contributed by atoms with Crippen LogP contribution in [-0.2, 0) is 32.7 Å². The average Bonchev–Trinajstić information content (AvgIpc) is 2.54. The molecule has 0 aliphatic carbocycles. The third-order valence-electron chi connectivity index (χ3n) is 16.6. The number of nitrogens with zero attached hydrogens (tertiary/aromatic N) is 1. The summed E-state index contributed by atoms with van der Waals surface area (Å²) in [5, 5.41) is 0. The molecule has 0 aromatic rings. The number of quaternary nitrogens is 1. The molecule has 96 heavy (non-hydrogen) atoms. The van der Waals surface area contributed by atoms with Crippen LogP contribution in [0.4, 0.5) is 0 Å². The molecule has 10 heteroatoms. The molecule has 0 aromatic heterocycles. The zero-order valence-electron chi connectivity index (χ0n) is 62.6. The fourth-order valence-corrected chi connectivity index (χ4v) is 11.4. The van der Waals surface area contributed by atoms with Crippen molar-refractivity contribution in [1.82, 2.24) is 0 Å². The minimum Gasteiger partial charge on any atom is -0.462 e. The fourth-order valence-electron chi connectivity index (χ4n) is 10.6. The van der Waals surface area contributed by atoms with Crippen LogP contribution in [0.3, 0.4) is 0 Å². The quantitative estimate of drug-likeness (QED) is 0.0211. The molecular formula is C86H147NO8P+. The number of hydrogen-bond acceptors (Lipinski definition) is 7.